The molecule has 0 aliphatic carbocycles. The van der Waals surface area contributed by atoms with Gasteiger partial charge in [-0.15, -0.1) is 0 Å². The van der Waals surface area contributed by atoms with E-state index in [0.29, 0.717) is 5.92 Å². The fourth-order valence-electron chi connectivity index (χ4n) is 0.447. The van der Waals surface area contributed by atoms with Gasteiger partial charge >= 0.3 is 6.72 Å². The highest BCUT2D eigenvalue weighted by atomic mass is 36.0. The van der Waals surface area contributed by atoms with Crippen molar-refractivity contribution in [3.8, 4) is 0 Å². The molecule has 2 N–H and O–H groups in total. The smallest absolute Gasteiger partial charge is 0.308 e. The van der Waals surface area contributed by atoms with E-state index < -0.39 is 15.2 Å². The summed E-state index contributed by atoms with van der Waals surface area (Å²) in [5.74, 6) is 0.456. The Kier molecular flexibility index (Phi) is 6.47. The molecular formula is C5H13Cl2O3PS. The molecule has 0 heterocycles. The van der Waals surface area contributed by atoms with E-state index in [9.17, 15) is 0 Å². The summed E-state index contributed by atoms with van der Waals surface area (Å²) in [5.41, 5.74) is 0. The molecule has 0 amide bonds. The maximum atomic E-state index is 9.10. The molecule has 0 radical (unpaired) electrons. The standard InChI is InChI=1S/C5H13Cl2O3PS/c1-5(2)3-4-10-11(8,9)12(6)7/h5,8-9H,3-4H2,1-2H3. The molecule has 0 aromatic carbocycles. The monoisotopic (exact) mass is 254 g/mol. The number of halogens is 2. The Bertz CT molecular complexity index is 187. The predicted octanol–water partition coefficient (Wildman–Crippen LogP) is 2.64. The van der Waals surface area contributed by atoms with Gasteiger partial charge in [-0.3, -0.25) is 0 Å². The highest BCUT2D eigenvalue weighted by Crippen LogP contribution is 2.46. The molecule has 0 aromatic heterocycles. The molecule has 0 saturated heterocycles. The Morgan fingerprint density at radius 1 is 1.42 bits per heavy atom. The maximum absolute atomic E-state index is 9.10. The van der Waals surface area contributed by atoms with Crippen LogP contribution in [0.15, 0.2) is 0 Å². The Labute approximate surface area is 83.8 Å². The first-order chi connectivity index (χ1) is 5.36. The van der Waals surface area contributed by atoms with Gasteiger partial charge in [0, 0.05) is 0 Å². The fourth-order valence-corrected chi connectivity index (χ4v) is 2.05. The largest absolute Gasteiger partial charge is 0.327 e. The predicted molar refractivity (Wildman–Crippen MR) is 55.8 cm³/mol. The summed E-state index contributed by atoms with van der Waals surface area (Å²) >= 11 is 0. The molecule has 0 aromatic rings. The molecule has 0 atom stereocenters. The van der Waals surface area contributed by atoms with Crippen molar-refractivity contribution < 1.29 is 14.3 Å². The molecular weight excluding hydrogens is 242 g/mol. The summed E-state index contributed by atoms with van der Waals surface area (Å²) < 4.78 is 4.77. The first-order valence-electron chi connectivity index (χ1n) is 3.43. The van der Waals surface area contributed by atoms with Crippen LogP contribution < -0.4 is 0 Å². The van der Waals surface area contributed by atoms with Gasteiger partial charge in [0.25, 0.3) is 0 Å². The van der Waals surface area contributed by atoms with Crippen LogP contribution in [0.4, 0.5) is 0 Å². The molecule has 7 heteroatoms. The van der Waals surface area contributed by atoms with Crippen LogP contribution in [0.3, 0.4) is 0 Å². The quantitative estimate of drug-likeness (QED) is 0.759. The van der Waals surface area contributed by atoms with Crippen LogP contribution in [0, 0.1) is 5.92 Å². The molecule has 0 aliphatic rings. The lowest BCUT2D eigenvalue weighted by Crippen LogP contribution is -1.98. The summed E-state index contributed by atoms with van der Waals surface area (Å²) in [4.78, 5) is 18.2. The van der Waals surface area contributed by atoms with Crippen molar-refractivity contribution in [2.45, 2.75) is 20.3 Å². The Morgan fingerprint density at radius 2 is 1.92 bits per heavy atom. The second kappa shape index (κ2) is 5.86. The van der Waals surface area contributed by atoms with E-state index in [2.05, 4.69) is 0 Å². The van der Waals surface area contributed by atoms with Crippen molar-refractivity contribution in [1.29, 1.82) is 0 Å². The van der Waals surface area contributed by atoms with Crippen molar-refractivity contribution in [3.63, 3.8) is 0 Å². The van der Waals surface area contributed by atoms with Crippen molar-refractivity contribution in [1.82, 2.24) is 0 Å². The van der Waals surface area contributed by atoms with Crippen molar-refractivity contribution in [3.05, 3.63) is 0 Å². The number of hydrogen-bond acceptors (Lipinski definition) is 1. The summed E-state index contributed by atoms with van der Waals surface area (Å²) in [7, 11) is 9.11. The molecule has 0 fully saturated rings. The van der Waals surface area contributed by atoms with Gasteiger partial charge in [0.2, 0.25) is 0 Å². The van der Waals surface area contributed by atoms with E-state index in [1.54, 1.807) is 0 Å². The summed E-state index contributed by atoms with van der Waals surface area (Å²) in [6, 6.07) is 0. The zero-order valence-electron chi connectivity index (χ0n) is 6.91. The van der Waals surface area contributed by atoms with Gasteiger partial charge in [-0.1, -0.05) is 13.8 Å². The molecule has 0 aliphatic heterocycles. The van der Waals surface area contributed by atoms with Crippen LogP contribution in [-0.4, -0.2) is 16.4 Å². The topological polar surface area (TPSA) is 49.7 Å². The van der Waals surface area contributed by atoms with E-state index in [4.69, 9.17) is 35.7 Å². The molecule has 0 saturated carbocycles. The van der Waals surface area contributed by atoms with Crippen molar-refractivity contribution in [2.24, 2.45) is 5.92 Å². The molecule has 0 spiro atoms. The lowest BCUT2D eigenvalue weighted by atomic mass is 10.2. The van der Waals surface area contributed by atoms with Gasteiger partial charge in [-0.25, -0.2) is 0 Å². The van der Waals surface area contributed by atoms with Crippen LogP contribution in [-0.2, 0) is 13.0 Å². The zero-order chi connectivity index (χ0) is 9.78. The summed E-state index contributed by atoms with van der Waals surface area (Å²) in [5, 5.41) is 0. The highest BCUT2D eigenvalue weighted by Gasteiger charge is 2.14. The Hall–Kier alpha value is 1.24. The fraction of sp³-hybridized carbons (Fsp3) is 1.00. The van der Waals surface area contributed by atoms with Crippen molar-refractivity contribution >= 4 is 36.6 Å². The average molecular weight is 255 g/mol. The number of rotatable bonds is 4. The van der Waals surface area contributed by atoms with Gasteiger partial charge in [-0.2, -0.15) is 0 Å². The SMILES string of the molecule is CC(C)CCOP(O)(O)=S(Cl)Cl. The molecule has 0 bridgehead atoms. The van der Waals surface area contributed by atoms with E-state index in [1.807, 2.05) is 13.8 Å². The average Bonchev–Trinajstić information content (AvgIpc) is 1.85. The van der Waals surface area contributed by atoms with Gasteiger partial charge in [0.15, 0.2) is 0 Å². The van der Waals surface area contributed by atoms with Crippen LogP contribution in [0.5, 0.6) is 0 Å². The van der Waals surface area contributed by atoms with Gasteiger partial charge in [0.1, 0.15) is 0 Å². The van der Waals surface area contributed by atoms with E-state index in [0.717, 1.165) is 6.42 Å². The van der Waals surface area contributed by atoms with Crippen molar-refractivity contribution in [2.75, 3.05) is 6.61 Å². The van der Waals surface area contributed by atoms with E-state index >= 15 is 0 Å². The molecule has 0 rings (SSSR count). The minimum atomic E-state index is -3.51. The molecule has 3 nitrogen and oxygen atoms in total. The molecule has 76 valence electrons. The second-order valence-electron chi connectivity index (χ2n) is 2.70. The van der Waals surface area contributed by atoms with Crippen LogP contribution in [0.1, 0.15) is 20.3 Å². The van der Waals surface area contributed by atoms with Gasteiger partial charge in [0.05, 0.1) is 15.1 Å². The Balaban J connectivity index is 3.87. The maximum Gasteiger partial charge on any atom is 0.308 e. The van der Waals surface area contributed by atoms with Gasteiger partial charge in [-0.05, 0) is 33.7 Å². The lowest BCUT2D eigenvalue weighted by molar-refractivity contribution is 0.236. The Morgan fingerprint density at radius 3 is 2.25 bits per heavy atom. The minimum absolute atomic E-state index is 0.279. The molecule has 0 unspecified atom stereocenters. The van der Waals surface area contributed by atoms with Crippen LogP contribution in [0.2, 0.25) is 0 Å². The third-order valence-corrected chi connectivity index (χ3v) is 6.64. The highest BCUT2D eigenvalue weighted by molar-refractivity contribution is 8.53. The minimum Gasteiger partial charge on any atom is -0.327 e. The summed E-state index contributed by atoms with van der Waals surface area (Å²) in [6.07, 6.45) is 0.758. The first kappa shape index (κ1) is 13.2. The second-order valence-corrected chi connectivity index (χ2v) is 10.5. The third kappa shape index (κ3) is 5.81. The van der Waals surface area contributed by atoms with E-state index in [1.165, 1.54) is 0 Å². The number of hydrogen-bond donors (Lipinski definition) is 2. The first-order valence-corrected chi connectivity index (χ1v) is 8.52. The van der Waals surface area contributed by atoms with Crippen LogP contribution in [0.25, 0.3) is 0 Å². The van der Waals surface area contributed by atoms with Crippen LogP contribution >= 0.6 is 28.1 Å². The normalized spacial score (nSPS) is 13.0. The van der Waals surface area contributed by atoms with Gasteiger partial charge < -0.3 is 14.3 Å². The third-order valence-electron chi connectivity index (χ3n) is 1.13. The molecule has 12 heavy (non-hydrogen) atoms. The van der Waals surface area contributed by atoms with E-state index in [-0.39, 0.29) is 6.61 Å². The lowest BCUT2D eigenvalue weighted by Gasteiger charge is -2.13. The zero-order valence-corrected chi connectivity index (χ0v) is 10.1. The summed E-state index contributed by atoms with van der Waals surface area (Å²) in [6.45, 7) is 0.794.